The van der Waals surface area contributed by atoms with Gasteiger partial charge in [-0.15, -0.1) is 0 Å². The summed E-state index contributed by atoms with van der Waals surface area (Å²) in [7, 11) is 0. The molecule has 4 saturated heterocycles. The molecule has 0 radical (unpaired) electrons. The lowest BCUT2D eigenvalue weighted by Crippen LogP contribution is -2.57. The Morgan fingerprint density at radius 1 is 0.722 bits per heavy atom. The van der Waals surface area contributed by atoms with E-state index in [0.717, 1.165) is 23.8 Å². The first kappa shape index (κ1) is 11.7. The van der Waals surface area contributed by atoms with Crippen molar-refractivity contribution in [3.63, 3.8) is 0 Å². The highest BCUT2D eigenvalue weighted by molar-refractivity contribution is 4.96. The molecule has 4 unspecified atom stereocenters. The summed E-state index contributed by atoms with van der Waals surface area (Å²) in [5.74, 6) is 3.11. The predicted octanol–water partition coefficient (Wildman–Crippen LogP) is 2.59. The molecule has 2 heteroatoms. The number of hydrogen-bond acceptors (Lipinski definition) is 2. The van der Waals surface area contributed by atoms with Crippen molar-refractivity contribution in [2.24, 2.45) is 17.8 Å². The van der Waals surface area contributed by atoms with E-state index in [1.807, 2.05) is 0 Å². The molecule has 0 spiro atoms. The van der Waals surface area contributed by atoms with Gasteiger partial charge in [0.1, 0.15) is 0 Å². The van der Waals surface area contributed by atoms with Gasteiger partial charge in [-0.3, -0.25) is 4.90 Å². The lowest BCUT2D eigenvalue weighted by molar-refractivity contribution is -0.0323. The maximum absolute atomic E-state index is 2.88. The third-order valence-corrected chi connectivity index (χ3v) is 6.16. The van der Waals surface area contributed by atoms with Gasteiger partial charge in [0, 0.05) is 19.1 Å². The molecule has 102 valence electrons. The highest BCUT2D eigenvalue weighted by Crippen LogP contribution is 2.41. The van der Waals surface area contributed by atoms with E-state index in [1.54, 1.807) is 6.42 Å². The maximum atomic E-state index is 2.88. The highest BCUT2D eigenvalue weighted by atomic mass is 15.2. The molecule has 4 bridgehead atoms. The SMILES string of the molecule is C1CC2CC(C3C4CCCN3CCC4)CN(C1)C2. The topological polar surface area (TPSA) is 6.48 Å². The van der Waals surface area contributed by atoms with Gasteiger partial charge in [-0.1, -0.05) is 0 Å². The summed E-state index contributed by atoms with van der Waals surface area (Å²) in [5, 5.41) is 0. The van der Waals surface area contributed by atoms with Gasteiger partial charge in [0.2, 0.25) is 0 Å². The molecule has 0 saturated carbocycles. The van der Waals surface area contributed by atoms with Gasteiger partial charge in [0.25, 0.3) is 0 Å². The van der Waals surface area contributed by atoms with Crippen LogP contribution in [0.3, 0.4) is 0 Å². The first-order chi connectivity index (χ1) is 8.90. The van der Waals surface area contributed by atoms with Crippen molar-refractivity contribution >= 4 is 0 Å². The molecule has 4 heterocycles. The normalized spacial score (nSPS) is 52.0. The molecule has 0 aromatic rings. The summed E-state index contributed by atoms with van der Waals surface area (Å²) in [5.41, 5.74) is 0. The van der Waals surface area contributed by atoms with Crippen LogP contribution in [-0.2, 0) is 0 Å². The molecule has 4 aliphatic rings. The fraction of sp³-hybridized carbons (Fsp3) is 1.00. The number of hydrogen-bond donors (Lipinski definition) is 0. The fourth-order valence-corrected chi connectivity index (χ4v) is 5.58. The minimum Gasteiger partial charge on any atom is -0.303 e. The van der Waals surface area contributed by atoms with E-state index in [2.05, 4.69) is 9.80 Å². The first-order valence-corrected chi connectivity index (χ1v) is 8.36. The minimum absolute atomic E-state index is 0.968. The molecular weight excluding hydrogens is 220 g/mol. The van der Waals surface area contributed by atoms with Crippen molar-refractivity contribution in [1.82, 2.24) is 9.80 Å². The van der Waals surface area contributed by atoms with E-state index < -0.39 is 0 Å². The summed E-state index contributed by atoms with van der Waals surface area (Å²) in [6.07, 6.45) is 10.5. The van der Waals surface area contributed by atoms with Crippen LogP contribution in [0.2, 0.25) is 0 Å². The number of nitrogens with zero attached hydrogens (tertiary/aromatic N) is 2. The van der Waals surface area contributed by atoms with Crippen molar-refractivity contribution in [3.05, 3.63) is 0 Å². The van der Waals surface area contributed by atoms with Crippen LogP contribution in [0.5, 0.6) is 0 Å². The lowest BCUT2D eigenvalue weighted by Gasteiger charge is -2.53. The van der Waals surface area contributed by atoms with Crippen molar-refractivity contribution < 1.29 is 0 Å². The smallest absolute Gasteiger partial charge is 0.0164 e. The Labute approximate surface area is 112 Å². The largest absolute Gasteiger partial charge is 0.303 e. The van der Waals surface area contributed by atoms with E-state index in [4.69, 9.17) is 0 Å². The zero-order chi connectivity index (χ0) is 11.9. The molecule has 0 amide bonds. The zero-order valence-corrected chi connectivity index (χ0v) is 11.7. The summed E-state index contributed by atoms with van der Waals surface area (Å²) in [6, 6.07) is 0.968. The first-order valence-electron chi connectivity index (χ1n) is 8.36. The Balaban J connectivity index is 1.51. The van der Waals surface area contributed by atoms with Gasteiger partial charge in [0.15, 0.2) is 0 Å². The Morgan fingerprint density at radius 3 is 2.22 bits per heavy atom. The Bertz CT molecular complexity index is 269. The van der Waals surface area contributed by atoms with Crippen molar-refractivity contribution in [2.45, 2.75) is 51.0 Å². The zero-order valence-electron chi connectivity index (χ0n) is 11.7. The quantitative estimate of drug-likeness (QED) is 0.704. The minimum atomic E-state index is 0.968. The van der Waals surface area contributed by atoms with Gasteiger partial charge in [0.05, 0.1) is 0 Å². The van der Waals surface area contributed by atoms with Crippen LogP contribution in [0.25, 0.3) is 0 Å². The molecule has 2 nitrogen and oxygen atoms in total. The van der Waals surface area contributed by atoms with Crippen molar-refractivity contribution in [2.75, 3.05) is 32.7 Å². The van der Waals surface area contributed by atoms with E-state index >= 15 is 0 Å². The van der Waals surface area contributed by atoms with Crippen LogP contribution in [0.4, 0.5) is 0 Å². The van der Waals surface area contributed by atoms with Crippen LogP contribution < -0.4 is 0 Å². The number of rotatable bonds is 1. The molecule has 4 atom stereocenters. The molecule has 0 aliphatic carbocycles. The molecule has 4 rings (SSSR count). The standard InChI is InChI=1S/C16H28N2/c1-4-13-10-15(12-17(7-1)11-13)16-14-5-2-8-18(16)9-3-6-14/h13-16H,1-12H2. The molecule has 0 aromatic heterocycles. The van der Waals surface area contributed by atoms with Crippen molar-refractivity contribution in [1.29, 1.82) is 0 Å². The molecule has 4 aliphatic heterocycles. The summed E-state index contributed by atoms with van der Waals surface area (Å²) < 4.78 is 0. The van der Waals surface area contributed by atoms with Crippen molar-refractivity contribution in [3.8, 4) is 0 Å². The third-order valence-electron chi connectivity index (χ3n) is 6.16. The molecule has 18 heavy (non-hydrogen) atoms. The van der Waals surface area contributed by atoms with E-state index in [9.17, 15) is 0 Å². The molecule has 0 N–H and O–H groups in total. The Morgan fingerprint density at radius 2 is 1.50 bits per heavy atom. The second-order valence-electron chi connectivity index (χ2n) is 7.33. The van der Waals surface area contributed by atoms with E-state index in [0.29, 0.717) is 0 Å². The molecule has 4 fully saturated rings. The Kier molecular flexibility index (Phi) is 3.12. The summed E-state index contributed by atoms with van der Waals surface area (Å²) in [6.45, 7) is 7.05. The monoisotopic (exact) mass is 248 g/mol. The summed E-state index contributed by atoms with van der Waals surface area (Å²) >= 11 is 0. The van der Waals surface area contributed by atoms with E-state index in [-0.39, 0.29) is 0 Å². The van der Waals surface area contributed by atoms with Crippen LogP contribution in [0.1, 0.15) is 44.9 Å². The van der Waals surface area contributed by atoms with Gasteiger partial charge < -0.3 is 4.90 Å². The predicted molar refractivity (Wildman–Crippen MR) is 74.6 cm³/mol. The molecule has 0 aromatic carbocycles. The molecular formula is C16H28N2. The van der Waals surface area contributed by atoms with Gasteiger partial charge in [-0.2, -0.15) is 0 Å². The third kappa shape index (κ3) is 2.02. The van der Waals surface area contributed by atoms with Crippen LogP contribution in [0.15, 0.2) is 0 Å². The van der Waals surface area contributed by atoms with Gasteiger partial charge in [-0.05, 0) is 82.3 Å². The van der Waals surface area contributed by atoms with Crippen LogP contribution in [-0.4, -0.2) is 48.6 Å². The second kappa shape index (κ2) is 4.79. The average molecular weight is 248 g/mol. The lowest BCUT2D eigenvalue weighted by atomic mass is 9.71. The Hall–Kier alpha value is -0.0800. The van der Waals surface area contributed by atoms with Crippen LogP contribution >= 0.6 is 0 Å². The highest BCUT2D eigenvalue weighted by Gasteiger charge is 2.42. The summed E-state index contributed by atoms with van der Waals surface area (Å²) in [4.78, 5) is 5.66. The van der Waals surface area contributed by atoms with Crippen LogP contribution in [0, 0.1) is 17.8 Å². The van der Waals surface area contributed by atoms with Gasteiger partial charge >= 0.3 is 0 Å². The fourth-order valence-electron chi connectivity index (χ4n) is 5.58. The van der Waals surface area contributed by atoms with Gasteiger partial charge in [-0.25, -0.2) is 0 Å². The average Bonchev–Trinajstić information content (AvgIpc) is 2.37. The number of fused-ring (bicyclic) bond motifs is 4. The second-order valence-corrected chi connectivity index (χ2v) is 7.33. The number of piperidine rings is 4. The van der Waals surface area contributed by atoms with E-state index in [1.165, 1.54) is 71.2 Å². The maximum Gasteiger partial charge on any atom is 0.0164 e.